The zero-order valence-corrected chi connectivity index (χ0v) is 26.6. The minimum Gasteiger partial charge on any atom is -0.457 e. The first kappa shape index (κ1) is 31.9. The van der Waals surface area contributed by atoms with Crippen molar-refractivity contribution in [2.45, 2.75) is 50.6 Å². The number of aryl methyl sites for hydroxylation is 1. The molecule has 0 saturated carbocycles. The van der Waals surface area contributed by atoms with E-state index in [1.807, 2.05) is 49.4 Å². The molecule has 0 N–H and O–H groups in total. The second-order valence-electron chi connectivity index (χ2n) is 11.5. The Kier molecular flexibility index (Phi) is 8.45. The number of amides is 1. The minimum absolute atomic E-state index is 0.00256. The standard InChI is InChI=1S/C33H28F3N5O6S/c1-16-37-23-10-9-20(13-26(23)48-16)40(3)32(43)31-30(45-17(2)42)28(29-25(46-31)15-44-33(47-29)18-7-5-4-6-8-18)41-14-24(38-39-41)19-11-21(34)27(36)22(35)12-19/h4-14,25,28-31,33H,15H2,1-3H3/t25-,28+,29+,30-,31-,33?/m1/s1. The van der Waals surface area contributed by atoms with E-state index in [4.69, 9.17) is 18.9 Å². The van der Waals surface area contributed by atoms with Crippen LogP contribution in [0.4, 0.5) is 18.9 Å². The number of carbonyl (C=O) groups excluding carboxylic acids is 2. The molecule has 2 aliphatic heterocycles. The van der Waals surface area contributed by atoms with E-state index in [0.29, 0.717) is 11.3 Å². The summed E-state index contributed by atoms with van der Waals surface area (Å²) in [5.74, 6) is -5.65. The number of rotatable bonds is 6. The number of anilines is 1. The van der Waals surface area contributed by atoms with E-state index in [1.165, 1.54) is 34.0 Å². The normalized spacial score (nSPS) is 23.9. The number of likely N-dealkylation sites (N-methyl/N-ethyl adjacent to an activating group) is 1. The van der Waals surface area contributed by atoms with Gasteiger partial charge in [0.25, 0.3) is 5.91 Å². The van der Waals surface area contributed by atoms with Gasteiger partial charge in [0.2, 0.25) is 0 Å². The van der Waals surface area contributed by atoms with E-state index in [9.17, 15) is 22.8 Å². The van der Waals surface area contributed by atoms with Crippen LogP contribution in [0.3, 0.4) is 0 Å². The second kappa shape index (κ2) is 12.7. The van der Waals surface area contributed by atoms with Crippen LogP contribution in [0.1, 0.15) is 29.8 Å². The Morgan fingerprint density at radius 1 is 1.04 bits per heavy atom. The molecule has 48 heavy (non-hydrogen) atoms. The first-order valence-electron chi connectivity index (χ1n) is 14.9. The molecule has 0 bridgehead atoms. The largest absolute Gasteiger partial charge is 0.457 e. The van der Waals surface area contributed by atoms with Gasteiger partial charge in [0, 0.05) is 30.8 Å². The lowest BCUT2D eigenvalue weighted by Gasteiger charge is -2.48. The molecule has 6 atom stereocenters. The molecule has 11 nitrogen and oxygen atoms in total. The van der Waals surface area contributed by atoms with Gasteiger partial charge in [-0.3, -0.25) is 9.59 Å². The van der Waals surface area contributed by atoms with Crippen molar-refractivity contribution in [3.8, 4) is 11.3 Å². The van der Waals surface area contributed by atoms with Gasteiger partial charge >= 0.3 is 5.97 Å². The fourth-order valence-electron chi connectivity index (χ4n) is 6.02. The van der Waals surface area contributed by atoms with Crippen molar-refractivity contribution >= 4 is 39.1 Å². The van der Waals surface area contributed by atoms with E-state index in [0.717, 1.165) is 27.4 Å². The molecular weight excluding hydrogens is 651 g/mol. The van der Waals surface area contributed by atoms with E-state index < -0.39 is 66.1 Å². The van der Waals surface area contributed by atoms with Crippen molar-refractivity contribution in [1.29, 1.82) is 0 Å². The topological polar surface area (TPSA) is 118 Å². The number of aromatic nitrogens is 4. The summed E-state index contributed by atoms with van der Waals surface area (Å²) in [6.07, 6.45) is -3.90. The van der Waals surface area contributed by atoms with Crippen LogP contribution in [-0.4, -0.2) is 69.9 Å². The van der Waals surface area contributed by atoms with Crippen LogP contribution < -0.4 is 4.90 Å². The average Bonchev–Trinajstić information content (AvgIpc) is 3.71. The molecule has 3 aromatic carbocycles. The molecule has 2 fully saturated rings. The predicted molar refractivity (Wildman–Crippen MR) is 166 cm³/mol. The number of halogens is 3. The Balaban J connectivity index is 1.28. The maximum Gasteiger partial charge on any atom is 0.303 e. The molecule has 5 aromatic rings. The molecule has 4 heterocycles. The number of esters is 1. The highest BCUT2D eigenvalue weighted by Gasteiger charge is 2.55. The number of fused-ring (bicyclic) bond motifs is 2. The molecule has 15 heteroatoms. The molecule has 1 amide bonds. The molecule has 0 radical (unpaired) electrons. The van der Waals surface area contributed by atoms with Gasteiger partial charge in [0.15, 0.2) is 35.9 Å². The summed E-state index contributed by atoms with van der Waals surface area (Å²) in [6.45, 7) is 3.09. The highest BCUT2D eigenvalue weighted by molar-refractivity contribution is 7.18. The lowest BCUT2D eigenvalue weighted by molar-refractivity contribution is -0.313. The van der Waals surface area contributed by atoms with Gasteiger partial charge in [-0.15, -0.1) is 16.4 Å². The van der Waals surface area contributed by atoms with Crippen LogP contribution in [0.25, 0.3) is 21.5 Å². The minimum atomic E-state index is -1.62. The smallest absolute Gasteiger partial charge is 0.303 e. The van der Waals surface area contributed by atoms with Crippen molar-refractivity contribution in [3.05, 3.63) is 94.9 Å². The molecule has 248 valence electrons. The summed E-state index contributed by atoms with van der Waals surface area (Å²) in [6, 6.07) is 15.1. The molecule has 7 rings (SSSR count). The Labute approximate surface area is 275 Å². The van der Waals surface area contributed by atoms with Crippen LogP contribution in [0, 0.1) is 24.4 Å². The molecule has 0 aliphatic carbocycles. The third-order valence-electron chi connectivity index (χ3n) is 8.26. The summed E-state index contributed by atoms with van der Waals surface area (Å²) in [7, 11) is 1.58. The molecule has 2 aliphatic rings. The molecule has 1 unspecified atom stereocenters. The predicted octanol–water partition coefficient (Wildman–Crippen LogP) is 5.30. The third-order valence-corrected chi connectivity index (χ3v) is 9.19. The third kappa shape index (κ3) is 5.94. The molecular formula is C33H28F3N5O6S. The molecule has 0 spiro atoms. The first-order valence-corrected chi connectivity index (χ1v) is 15.7. The van der Waals surface area contributed by atoms with Crippen LogP contribution >= 0.6 is 11.3 Å². The Bertz CT molecular complexity index is 1990. The van der Waals surface area contributed by atoms with Crippen molar-refractivity contribution in [2.24, 2.45) is 0 Å². The average molecular weight is 680 g/mol. The highest BCUT2D eigenvalue weighted by atomic mass is 32.1. The summed E-state index contributed by atoms with van der Waals surface area (Å²) < 4.78 is 68.8. The van der Waals surface area contributed by atoms with Crippen LogP contribution in [-0.2, 0) is 28.5 Å². The number of carbonyl (C=O) groups is 2. The zero-order chi connectivity index (χ0) is 33.7. The quantitative estimate of drug-likeness (QED) is 0.174. The summed E-state index contributed by atoms with van der Waals surface area (Å²) in [4.78, 5) is 32.7. The first-order chi connectivity index (χ1) is 23.1. The number of thiazole rings is 1. The van der Waals surface area contributed by atoms with E-state index in [-0.39, 0.29) is 17.9 Å². The summed E-state index contributed by atoms with van der Waals surface area (Å²) in [5.41, 5.74) is 1.98. The number of benzene rings is 3. The van der Waals surface area contributed by atoms with Gasteiger partial charge in [0.1, 0.15) is 23.9 Å². The van der Waals surface area contributed by atoms with Crippen LogP contribution in [0.5, 0.6) is 0 Å². The fourth-order valence-corrected chi connectivity index (χ4v) is 6.88. The number of hydrogen-bond donors (Lipinski definition) is 0. The number of nitrogens with zero attached hydrogens (tertiary/aromatic N) is 5. The van der Waals surface area contributed by atoms with Gasteiger partial charge in [-0.1, -0.05) is 35.5 Å². The van der Waals surface area contributed by atoms with Crippen LogP contribution in [0.15, 0.2) is 66.9 Å². The van der Waals surface area contributed by atoms with Crippen molar-refractivity contribution < 1.29 is 41.7 Å². The fraction of sp³-hybridized carbons (Fsp3) is 0.303. The monoisotopic (exact) mass is 679 g/mol. The van der Waals surface area contributed by atoms with Crippen LogP contribution in [0.2, 0.25) is 0 Å². The Morgan fingerprint density at radius 2 is 1.79 bits per heavy atom. The van der Waals surface area contributed by atoms with Gasteiger partial charge in [-0.05, 0) is 37.3 Å². The highest BCUT2D eigenvalue weighted by Crippen LogP contribution is 2.41. The SMILES string of the molecule is CC(=O)O[C@@H]1[C@@H](n2cc(-c3cc(F)c(F)c(F)c3)nn2)[C@H]2OC(c3ccccc3)OC[C@H]2O[C@H]1C(=O)N(C)c1ccc2nc(C)sc2c1. The molecule has 2 saturated heterocycles. The van der Waals surface area contributed by atoms with Gasteiger partial charge in [-0.2, -0.15) is 0 Å². The summed E-state index contributed by atoms with van der Waals surface area (Å²) in [5, 5.41) is 9.16. The zero-order valence-electron chi connectivity index (χ0n) is 25.7. The summed E-state index contributed by atoms with van der Waals surface area (Å²) >= 11 is 1.48. The Hall–Kier alpha value is -4.70. The molecule has 2 aromatic heterocycles. The number of hydrogen-bond acceptors (Lipinski definition) is 10. The van der Waals surface area contributed by atoms with Gasteiger partial charge < -0.3 is 23.8 Å². The number of ether oxygens (including phenoxy) is 4. The van der Waals surface area contributed by atoms with E-state index >= 15 is 0 Å². The Morgan fingerprint density at radius 3 is 2.52 bits per heavy atom. The van der Waals surface area contributed by atoms with Gasteiger partial charge in [0.05, 0.1) is 28.0 Å². The van der Waals surface area contributed by atoms with Crippen molar-refractivity contribution in [3.63, 3.8) is 0 Å². The lowest BCUT2D eigenvalue weighted by Crippen LogP contribution is -2.63. The second-order valence-corrected chi connectivity index (χ2v) is 12.7. The maximum atomic E-state index is 14.3. The van der Waals surface area contributed by atoms with E-state index in [2.05, 4.69) is 15.3 Å². The maximum absolute atomic E-state index is 14.3. The van der Waals surface area contributed by atoms with Crippen molar-refractivity contribution in [2.75, 3.05) is 18.6 Å². The van der Waals surface area contributed by atoms with Crippen molar-refractivity contribution in [1.82, 2.24) is 20.0 Å². The van der Waals surface area contributed by atoms with Gasteiger partial charge in [-0.25, -0.2) is 22.8 Å². The lowest BCUT2D eigenvalue weighted by atomic mass is 9.90. The van der Waals surface area contributed by atoms with E-state index in [1.54, 1.807) is 13.1 Å².